The van der Waals surface area contributed by atoms with Gasteiger partial charge in [0.2, 0.25) is 5.88 Å². The molecule has 0 aliphatic heterocycles. The molecule has 5 nitrogen and oxygen atoms in total. The number of aromatic nitrogens is 1. The van der Waals surface area contributed by atoms with E-state index in [9.17, 15) is 4.79 Å². The summed E-state index contributed by atoms with van der Waals surface area (Å²) in [6.07, 6.45) is 0. The average Bonchev–Trinajstić information content (AvgIpc) is 2.54. The summed E-state index contributed by atoms with van der Waals surface area (Å²) in [5, 5.41) is 2.88. The van der Waals surface area contributed by atoms with E-state index in [0.717, 1.165) is 16.8 Å². The Morgan fingerprint density at radius 3 is 2.64 bits per heavy atom. The van der Waals surface area contributed by atoms with Gasteiger partial charge in [0.25, 0.3) is 0 Å². The van der Waals surface area contributed by atoms with Crippen LogP contribution in [0.5, 0.6) is 5.88 Å². The van der Waals surface area contributed by atoms with Gasteiger partial charge in [0, 0.05) is 31.4 Å². The first-order valence-electron chi connectivity index (χ1n) is 7.13. The van der Waals surface area contributed by atoms with Gasteiger partial charge >= 0.3 is 6.03 Å². The molecule has 1 heterocycles. The van der Waals surface area contributed by atoms with Crippen molar-refractivity contribution < 1.29 is 9.53 Å². The zero-order valence-electron chi connectivity index (χ0n) is 13.2. The number of pyridine rings is 1. The minimum absolute atomic E-state index is 0.133. The van der Waals surface area contributed by atoms with Gasteiger partial charge in [0.1, 0.15) is 0 Å². The molecule has 22 heavy (non-hydrogen) atoms. The molecule has 1 aromatic carbocycles. The molecule has 5 heteroatoms. The van der Waals surface area contributed by atoms with Crippen LogP contribution in [0.15, 0.2) is 42.5 Å². The van der Waals surface area contributed by atoms with Gasteiger partial charge in [0.15, 0.2) is 0 Å². The zero-order chi connectivity index (χ0) is 15.9. The number of aryl methyl sites for hydroxylation is 1. The molecule has 2 amide bonds. The third kappa shape index (κ3) is 4.22. The van der Waals surface area contributed by atoms with E-state index in [1.807, 2.05) is 49.4 Å². The van der Waals surface area contributed by atoms with Crippen LogP contribution in [0.2, 0.25) is 0 Å². The van der Waals surface area contributed by atoms with Crippen LogP contribution in [0.1, 0.15) is 16.8 Å². The number of hydrogen-bond donors (Lipinski definition) is 1. The summed E-state index contributed by atoms with van der Waals surface area (Å²) in [4.78, 5) is 18.1. The van der Waals surface area contributed by atoms with Gasteiger partial charge in [-0.05, 0) is 18.6 Å². The second-order valence-electron chi connectivity index (χ2n) is 5.12. The van der Waals surface area contributed by atoms with Crippen molar-refractivity contribution in [1.82, 2.24) is 15.2 Å². The van der Waals surface area contributed by atoms with E-state index < -0.39 is 0 Å². The molecule has 2 rings (SSSR count). The van der Waals surface area contributed by atoms with Crippen LogP contribution in [0.25, 0.3) is 0 Å². The third-order valence-electron chi connectivity index (χ3n) is 3.31. The predicted octanol–water partition coefficient (Wildman–Crippen LogP) is 2.74. The fraction of sp³-hybridized carbons (Fsp3) is 0.294. The standard InChI is InChI=1S/C17H21N3O2/c1-13-9-10-15(16(19-13)22-3)11-18-17(21)20(2)12-14-7-5-4-6-8-14/h4-10H,11-12H2,1-3H3,(H,18,21). The van der Waals surface area contributed by atoms with Crippen LogP contribution in [0, 0.1) is 6.92 Å². The molecule has 0 spiro atoms. The highest BCUT2D eigenvalue weighted by atomic mass is 16.5. The van der Waals surface area contributed by atoms with Gasteiger partial charge in [-0.25, -0.2) is 9.78 Å². The Balaban J connectivity index is 1.92. The Bertz CT molecular complexity index is 629. The van der Waals surface area contributed by atoms with Crippen LogP contribution >= 0.6 is 0 Å². The molecule has 1 aromatic heterocycles. The Hall–Kier alpha value is -2.56. The summed E-state index contributed by atoms with van der Waals surface area (Å²) in [6.45, 7) is 2.85. The lowest BCUT2D eigenvalue weighted by Crippen LogP contribution is -2.36. The molecule has 2 aromatic rings. The smallest absolute Gasteiger partial charge is 0.317 e. The van der Waals surface area contributed by atoms with Crippen LogP contribution in [-0.4, -0.2) is 30.1 Å². The Morgan fingerprint density at radius 1 is 1.23 bits per heavy atom. The van der Waals surface area contributed by atoms with Gasteiger partial charge in [-0.3, -0.25) is 0 Å². The van der Waals surface area contributed by atoms with Crippen LogP contribution < -0.4 is 10.1 Å². The fourth-order valence-electron chi connectivity index (χ4n) is 2.11. The van der Waals surface area contributed by atoms with E-state index in [4.69, 9.17) is 4.74 Å². The molecule has 0 bridgehead atoms. The Morgan fingerprint density at radius 2 is 1.95 bits per heavy atom. The van der Waals surface area contributed by atoms with E-state index in [2.05, 4.69) is 10.3 Å². The number of methoxy groups -OCH3 is 1. The van der Waals surface area contributed by atoms with Gasteiger partial charge in [-0.1, -0.05) is 36.4 Å². The van der Waals surface area contributed by atoms with E-state index in [0.29, 0.717) is 19.0 Å². The normalized spacial score (nSPS) is 10.1. The predicted molar refractivity (Wildman–Crippen MR) is 85.7 cm³/mol. The van der Waals surface area contributed by atoms with Crippen molar-refractivity contribution in [3.8, 4) is 5.88 Å². The van der Waals surface area contributed by atoms with E-state index >= 15 is 0 Å². The van der Waals surface area contributed by atoms with Crippen molar-refractivity contribution in [1.29, 1.82) is 0 Å². The summed E-state index contributed by atoms with van der Waals surface area (Å²) in [5.41, 5.74) is 2.83. The molecule has 0 aliphatic carbocycles. The molecule has 0 radical (unpaired) electrons. The molecule has 0 saturated carbocycles. The largest absolute Gasteiger partial charge is 0.481 e. The number of carbonyl (C=O) groups is 1. The average molecular weight is 299 g/mol. The number of ether oxygens (including phenoxy) is 1. The maximum atomic E-state index is 12.1. The van der Waals surface area contributed by atoms with Crippen molar-refractivity contribution in [2.24, 2.45) is 0 Å². The summed E-state index contributed by atoms with van der Waals surface area (Å²) in [7, 11) is 3.35. The van der Waals surface area contributed by atoms with Crippen molar-refractivity contribution in [3.63, 3.8) is 0 Å². The SMILES string of the molecule is COc1nc(C)ccc1CNC(=O)N(C)Cc1ccccc1. The second kappa shape index (κ2) is 7.45. The molecule has 0 unspecified atom stereocenters. The summed E-state index contributed by atoms with van der Waals surface area (Å²) in [6, 6.07) is 13.6. The van der Waals surface area contributed by atoms with Crippen molar-refractivity contribution in [2.75, 3.05) is 14.2 Å². The Labute approximate surface area is 130 Å². The van der Waals surface area contributed by atoms with Gasteiger partial charge in [-0.2, -0.15) is 0 Å². The van der Waals surface area contributed by atoms with Crippen molar-refractivity contribution >= 4 is 6.03 Å². The van der Waals surface area contributed by atoms with E-state index in [1.165, 1.54) is 0 Å². The van der Waals surface area contributed by atoms with E-state index in [-0.39, 0.29) is 6.03 Å². The maximum Gasteiger partial charge on any atom is 0.317 e. The maximum absolute atomic E-state index is 12.1. The van der Waals surface area contributed by atoms with Gasteiger partial charge in [-0.15, -0.1) is 0 Å². The Kier molecular flexibility index (Phi) is 5.36. The first-order chi connectivity index (χ1) is 10.6. The molecular formula is C17H21N3O2. The zero-order valence-corrected chi connectivity index (χ0v) is 13.2. The van der Waals surface area contributed by atoms with Gasteiger partial charge in [0.05, 0.1) is 7.11 Å². The van der Waals surface area contributed by atoms with Gasteiger partial charge < -0.3 is 15.0 Å². The lowest BCUT2D eigenvalue weighted by Gasteiger charge is -2.18. The monoisotopic (exact) mass is 299 g/mol. The first kappa shape index (κ1) is 15.8. The topological polar surface area (TPSA) is 54.5 Å². The highest BCUT2D eigenvalue weighted by Gasteiger charge is 2.11. The summed E-state index contributed by atoms with van der Waals surface area (Å²) in [5.74, 6) is 0.547. The number of hydrogen-bond acceptors (Lipinski definition) is 3. The van der Waals surface area contributed by atoms with Crippen molar-refractivity contribution in [3.05, 3.63) is 59.3 Å². The molecule has 0 aliphatic rings. The lowest BCUT2D eigenvalue weighted by molar-refractivity contribution is 0.206. The number of benzene rings is 1. The first-order valence-corrected chi connectivity index (χ1v) is 7.13. The summed E-state index contributed by atoms with van der Waals surface area (Å²) >= 11 is 0. The number of nitrogens with zero attached hydrogens (tertiary/aromatic N) is 2. The summed E-state index contributed by atoms with van der Waals surface area (Å²) < 4.78 is 5.24. The second-order valence-corrected chi connectivity index (χ2v) is 5.12. The molecule has 0 saturated heterocycles. The lowest BCUT2D eigenvalue weighted by atomic mass is 10.2. The van der Waals surface area contributed by atoms with Crippen LogP contribution in [-0.2, 0) is 13.1 Å². The molecule has 0 atom stereocenters. The number of carbonyl (C=O) groups excluding carboxylic acids is 1. The molecule has 0 fully saturated rings. The van der Waals surface area contributed by atoms with E-state index in [1.54, 1.807) is 19.1 Å². The highest BCUT2D eigenvalue weighted by Crippen LogP contribution is 2.15. The number of amides is 2. The third-order valence-corrected chi connectivity index (χ3v) is 3.31. The van der Waals surface area contributed by atoms with Crippen molar-refractivity contribution in [2.45, 2.75) is 20.0 Å². The minimum Gasteiger partial charge on any atom is -0.481 e. The molecular weight excluding hydrogens is 278 g/mol. The van der Waals surface area contributed by atoms with Crippen LogP contribution in [0.4, 0.5) is 4.79 Å². The minimum atomic E-state index is -0.133. The fourth-order valence-corrected chi connectivity index (χ4v) is 2.11. The number of rotatable bonds is 5. The quantitative estimate of drug-likeness (QED) is 0.923. The number of nitrogens with one attached hydrogen (secondary N) is 1. The van der Waals surface area contributed by atoms with Crippen LogP contribution in [0.3, 0.4) is 0 Å². The molecule has 116 valence electrons. The highest BCUT2D eigenvalue weighted by molar-refractivity contribution is 5.73. The molecule has 1 N–H and O–H groups in total. The number of urea groups is 1.